The highest BCUT2D eigenvalue weighted by atomic mass is 79.9. The largest absolute Gasteiger partial charge is 0.460 e. The van der Waals surface area contributed by atoms with Crippen LogP contribution in [0.3, 0.4) is 0 Å². The monoisotopic (exact) mass is 387 g/mol. The molecule has 0 heterocycles. The van der Waals surface area contributed by atoms with E-state index >= 15 is 0 Å². The summed E-state index contributed by atoms with van der Waals surface area (Å²) in [5.41, 5.74) is 1.52. The number of carbonyl (C=O) groups excluding carboxylic acids is 2. The fourth-order valence-corrected chi connectivity index (χ4v) is 2.21. The third kappa shape index (κ3) is 5.66. The van der Waals surface area contributed by atoms with E-state index in [2.05, 4.69) is 21.2 Å². The van der Waals surface area contributed by atoms with Gasteiger partial charge in [0.05, 0.1) is 0 Å². The molecule has 4 nitrogen and oxygen atoms in total. The molecule has 2 aromatic carbocycles. The average Bonchev–Trinajstić information content (AvgIpc) is 2.60. The van der Waals surface area contributed by atoms with Crippen molar-refractivity contribution in [2.75, 3.05) is 6.61 Å². The molecule has 0 aromatic heterocycles. The number of carbonyl (C=O) groups is 2. The van der Waals surface area contributed by atoms with Crippen LogP contribution in [-0.4, -0.2) is 24.5 Å². The minimum Gasteiger partial charge on any atom is -0.460 e. The van der Waals surface area contributed by atoms with Crippen LogP contribution in [0.5, 0.6) is 0 Å². The minimum atomic E-state index is -0.716. The Morgan fingerprint density at radius 1 is 1.12 bits per heavy atom. The van der Waals surface area contributed by atoms with Gasteiger partial charge in [0.1, 0.15) is 12.6 Å². The van der Waals surface area contributed by atoms with E-state index in [1.807, 2.05) is 36.4 Å². The third-order valence-electron chi connectivity index (χ3n) is 3.24. The molecule has 0 aliphatic carbocycles. The van der Waals surface area contributed by atoms with Crippen LogP contribution in [0.4, 0.5) is 0 Å². The molecule has 124 valence electrons. The van der Waals surface area contributed by atoms with Crippen LogP contribution in [-0.2, 0) is 9.53 Å². The Labute approximate surface area is 149 Å². The Balaban J connectivity index is 1.78. The van der Waals surface area contributed by atoms with E-state index in [4.69, 9.17) is 4.74 Å². The van der Waals surface area contributed by atoms with Crippen molar-refractivity contribution in [1.29, 1.82) is 0 Å². The average molecular weight is 388 g/mol. The van der Waals surface area contributed by atoms with Gasteiger partial charge in [-0.05, 0) is 42.8 Å². The van der Waals surface area contributed by atoms with Crippen LogP contribution in [0.25, 0.3) is 6.08 Å². The molecule has 0 saturated carbocycles. The summed E-state index contributed by atoms with van der Waals surface area (Å²) in [7, 11) is 0. The molecule has 0 unspecified atom stereocenters. The lowest BCUT2D eigenvalue weighted by Crippen LogP contribution is -2.39. The molecule has 0 spiro atoms. The highest BCUT2D eigenvalue weighted by Crippen LogP contribution is 2.10. The topological polar surface area (TPSA) is 55.4 Å². The second-order valence-corrected chi connectivity index (χ2v) is 6.06. The van der Waals surface area contributed by atoms with Crippen LogP contribution < -0.4 is 5.32 Å². The molecule has 1 amide bonds. The van der Waals surface area contributed by atoms with E-state index < -0.39 is 12.0 Å². The van der Waals surface area contributed by atoms with Crippen molar-refractivity contribution in [2.45, 2.75) is 13.0 Å². The van der Waals surface area contributed by atoms with Crippen molar-refractivity contribution < 1.29 is 14.3 Å². The van der Waals surface area contributed by atoms with E-state index in [9.17, 15) is 9.59 Å². The van der Waals surface area contributed by atoms with Crippen molar-refractivity contribution >= 4 is 33.9 Å². The molecule has 1 atom stereocenters. The number of amides is 1. The first-order chi connectivity index (χ1) is 11.6. The summed E-state index contributed by atoms with van der Waals surface area (Å²) in [6.07, 6.45) is 3.63. The summed E-state index contributed by atoms with van der Waals surface area (Å²) < 4.78 is 6.02. The number of benzene rings is 2. The molecule has 0 fully saturated rings. The van der Waals surface area contributed by atoms with E-state index in [1.165, 1.54) is 0 Å². The Morgan fingerprint density at radius 3 is 2.46 bits per heavy atom. The molecule has 2 aromatic rings. The Kier molecular flexibility index (Phi) is 6.75. The third-order valence-corrected chi connectivity index (χ3v) is 3.77. The lowest BCUT2D eigenvalue weighted by atomic mass is 10.2. The highest BCUT2D eigenvalue weighted by molar-refractivity contribution is 9.10. The van der Waals surface area contributed by atoms with Crippen LogP contribution >= 0.6 is 15.9 Å². The molecular formula is C19H18BrNO3. The zero-order valence-electron chi connectivity index (χ0n) is 13.2. The summed E-state index contributed by atoms with van der Waals surface area (Å²) in [5, 5.41) is 2.62. The van der Waals surface area contributed by atoms with E-state index in [-0.39, 0.29) is 12.5 Å². The number of rotatable bonds is 6. The maximum atomic E-state index is 12.0. The predicted octanol–water partition coefficient (Wildman–Crippen LogP) is 3.82. The molecule has 5 heteroatoms. The molecule has 0 aliphatic rings. The van der Waals surface area contributed by atoms with Gasteiger partial charge in [-0.3, -0.25) is 4.79 Å². The second kappa shape index (κ2) is 9.03. The van der Waals surface area contributed by atoms with Crippen LogP contribution in [0, 0.1) is 0 Å². The summed E-state index contributed by atoms with van der Waals surface area (Å²) in [4.78, 5) is 23.9. The summed E-state index contributed by atoms with van der Waals surface area (Å²) in [6, 6.07) is 15.9. The van der Waals surface area contributed by atoms with Crippen molar-refractivity contribution in [3.63, 3.8) is 0 Å². The van der Waals surface area contributed by atoms with Gasteiger partial charge in [-0.25, -0.2) is 4.79 Å². The van der Waals surface area contributed by atoms with Crippen LogP contribution in [0.15, 0.2) is 65.1 Å². The van der Waals surface area contributed by atoms with Crippen LogP contribution in [0.1, 0.15) is 22.8 Å². The smallest absolute Gasteiger partial charge is 0.328 e. The Bertz CT molecular complexity index is 711. The lowest BCUT2D eigenvalue weighted by molar-refractivity contribution is -0.144. The van der Waals surface area contributed by atoms with E-state index in [0.717, 1.165) is 10.0 Å². The number of halogens is 1. The number of hydrogen-bond donors (Lipinski definition) is 1. The van der Waals surface area contributed by atoms with Crippen LogP contribution in [0.2, 0.25) is 0 Å². The molecule has 1 N–H and O–H groups in total. The standard InChI is InChI=1S/C19H18BrNO3/c1-14(21-18(22)16-9-11-17(20)12-10-16)19(23)24-13-5-8-15-6-3-2-4-7-15/h2-12,14H,13H2,1H3,(H,21,22)/b8-5+/t14-/m0/s1. The van der Waals surface area contributed by atoms with Gasteiger partial charge in [0.15, 0.2) is 0 Å². The quantitative estimate of drug-likeness (QED) is 0.766. The molecule has 0 saturated heterocycles. The SMILES string of the molecule is C[C@H](NC(=O)c1ccc(Br)cc1)C(=O)OC/C=C/c1ccccc1. The number of hydrogen-bond acceptors (Lipinski definition) is 3. The van der Waals surface area contributed by atoms with Gasteiger partial charge in [-0.1, -0.05) is 52.3 Å². The predicted molar refractivity (Wildman–Crippen MR) is 97.5 cm³/mol. The normalized spacial score (nSPS) is 11.9. The molecule has 2 rings (SSSR count). The summed E-state index contributed by atoms with van der Waals surface area (Å²) >= 11 is 3.31. The summed E-state index contributed by atoms with van der Waals surface area (Å²) in [5.74, 6) is -0.787. The van der Waals surface area contributed by atoms with Crippen molar-refractivity contribution in [3.8, 4) is 0 Å². The highest BCUT2D eigenvalue weighted by Gasteiger charge is 2.17. The van der Waals surface area contributed by atoms with Gasteiger partial charge >= 0.3 is 5.97 Å². The van der Waals surface area contributed by atoms with Gasteiger partial charge < -0.3 is 10.1 Å². The molecule has 0 bridgehead atoms. The first-order valence-corrected chi connectivity index (χ1v) is 8.30. The fraction of sp³-hybridized carbons (Fsp3) is 0.158. The van der Waals surface area contributed by atoms with Gasteiger partial charge in [-0.2, -0.15) is 0 Å². The lowest BCUT2D eigenvalue weighted by Gasteiger charge is -2.12. The Morgan fingerprint density at radius 2 is 1.79 bits per heavy atom. The zero-order valence-corrected chi connectivity index (χ0v) is 14.8. The first kappa shape index (κ1) is 17.9. The number of nitrogens with one attached hydrogen (secondary N) is 1. The van der Waals surface area contributed by atoms with Crippen molar-refractivity contribution in [2.24, 2.45) is 0 Å². The number of esters is 1. The van der Waals surface area contributed by atoms with E-state index in [0.29, 0.717) is 5.56 Å². The van der Waals surface area contributed by atoms with Crippen molar-refractivity contribution in [3.05, 3.63) is 76.3 Å². The van der Waals surface area contributed by atoms with Gasteiger partial charge in [-0.15, -0.1) is 0 Å². The van der Waals surface area contributed by atoms with Gasteiger partial charge in [0.25, 0.3) is 5.91 Å². The van der Waals surface area contributed by atoms with Gasteiger partial charge in [0.2, 0.25) is 0 Å². The number of ether oxygens (including phenoxy) is 1. The second-order valence-electron chi connectivity index (χ2n) is 5.15. The molecular weight excluding hydrogens is 370 g/mol. The van der Waals surface area contributed by atoms with Gasteiger partial charge in [0, 0.05) is 10.0 Å². The van der Waals surface area contributed by atoms with Crippen molar-refractivity contribution in [1.82, 2.24) is 5.32 Å². The first-order valence-electron chi connectivity index (χ1n) is 7.51. The molecule has 0 aliphatic heterocycles. The molecule has 24 heavy (non-hydrogen) atoms. The van der Waals surface area contributed by atoms with E-state index in [1.54, 1.807) is 37.3 Å². The summed E-state index contributed by atoms with van der Waals surface area (Å²) in [6.45, 7) is 1.76. The fourth-order valence-electron chi connectivity index (χ4n) is 1.94. The maximum absolute atomic E-state index is 12.0. The zero-order chi connectivity index (χ0) is 17.4. The molecule has 0 radical (unpaired) electrons. The Hall–Kier alpha value is -2.40. The maximum Gasteiger partial charge on any atom is 0.328 e. The minimum absolute atomic E-state index is 0.159.